The van der Waals surface area contributed by atoms with Gasteiger partial charge in [-0.2, -0.15) is 5.10 Å². The molecule has 1 unspecified atom stereocenters. The SMILES string of the molecule is CCOC(=O)/C(Cc1ccc(Br)cc1)=N/NC1CCc2ccccc2C1=O. The van der Waals surface area contributed by atoms with Gasteiger partial charge in [-0.25, -0.2) is 4.79 Å². The minimum atomic E-state index is -0.475. The summed E-state index contributed by atoms with van der Waals surface area (Å²) in [5, 5.41) is 4.27. The highest BCUT2D eigenvalue weighted by molar-refractivity contribution is 9.10. The van der Waals surface area contributed by atoms with Crippen molar-refractivity contribution in [2.24, 2.45) is 5.10 Å². The number of carbonyl (C=O) groups is 2. The number of Topliss-reactive ketones (excluding diaryl/α,β-unsaturated/α-hetero) is 1. The molecule has 2 aromatic carbocycles. The number of benzene rings is 2. The van der Waals surface area contributed by atoms with Crippen LogP contribution in [0.5, 0.6) is 0 Å². The third kappa shape index (κ3) is 4.83. The molecule has 3 rings (SSSR count). The normalized spacial score (nSPS) is 16.6. The van der Waals surface area contributed by atoms with E-state index in [1.54, 1.807) is 6.92 Å². The van der Waals surface area contributed by atoms with E-state index in [-0.39, 0.29) is 18.1 Å². The molecule has 0 aliphatic heterocycles. The van der Waals surface area contributed by atoms with E-state index in [9.17, 15) is 9.59 Å². The monoisotopic (exact) mass is 428 g/mol. The molecule has 0 aromatic heterocycles. The number of nitrogens with zero attached hydrogens (tertiary/aromatic N) is 1. The Hall–Kier alpha value is -2.47. The number of hydrogen-bond acceptors (Lipinski definition) is 5. The number of ketones is 1. The predicted molar refractivity (Wildman–Crippen MR) is 108 cm³/mol. The fourth-order valence-corrected chi connectivity index (χ4v) is 3.31. The van der Waals surface area contributed by atoms with Gasteiger partial charge in [0.05, 0.1) is 6.61 Å². The van der Waals surface area contributed by atoms with Gasteiger partial charge in [-0.3, -0.25) is 10.2 Å². The first-order chi connectivity index (χ1) is 13.1. The van der Waals surface area contributed by atoms with E-state index in [1.807, 2.05) is 48.5 Å². The van der Waals surface area contributed by atoms with Crippen LogP contribution in [0.15, 0.2) is 58.1 Å². The Morgan fingerprint density at radius 2 is 1.96 bits per heavy atom. The molecule has 1 aliphatic carbocycles. The first-order valence-corrected chi connectivity index (χ1v) is 9.73. The zero-order chi connectivity index (χ0) is 19.2. The third-order valence-corrected chi connectivity index (χ3v) is 4.98. The summed E-state index contributed by atoms with van der Waals surface area (Å²) in [6.45, 7) is 2.03. The summed E-state index contributed by atoms with van der Waals surface area (Å²) in [7, 11) is 0. The lowest BCUT2D eigenvalue weighted by molar-refractivity contribution is -0.135. The summed E-state index contributed by atoms with van der Waals surface area (Å²) in [4.78, 5) is 24.9. The van der Waals surface area contributed by atoms with Gasteiger partial charge in [0.25, 0.3) is 0 Å². The molecular weight excluding hydrogens is 408 g/mol. The standard InChI is InChI=1S/C21H21BrN2O3/c1-2-27-21(26)19(13-14-7-10-16(22)11-8-14)24-23-18-12-9-15-5-3-4-6-17(15)20(18)25/h3-8,10-11,18,23H,2,9,12-13H2,1H3/b24-19+. The summed E-state index contributed by atoms with van der Waals surface area (Å²) in [6.07, 6.45) is 1.78. The van der Waals surface area contributed by atoms with Crippen molar-refractivity contribution < 1.29 is 14.3 Å². The number of carbonyl (C=O) groups excluding carboxylic acids is 2. The second-order valence-corrected chi connectivity index (χ2v) is 7.24. The van der Waals surface area contributed by atoms with E-state index in [0.29, 0.717) is 12.8 Å². The van der Waals surface area contributed by atoms with Crippen molar-refractivity contribution >= 4 is 33.4 Å². The molecule has 5 nitrogen and oxygen atoms in total. The van der Waals surface area contributed by atoms with Gasteiger partial charge in [0.2, 0.25) is 0 Å². The molecule has 0 amide bonds. The van der Waals surface area contributed by atoms with Crippen LogP contribution in [-0.4, -0.2) is 30.1 Å². The van der Waals surface area contributed by atoms with Gasteiger partial charge in [-0.05, 0) is 43.0 Å². The number of hydrazone groups is 1. The topological polar surface area (TPSA) is 67.8 Å². The number of aryl methyl sites for hydroxylation is 1. The van der Waals surface area contributed by atoms with Crippen LogP contribution in [0, 0.1) is 0 Å². The number of hydrogen-bond donors (Lipinski definition) is 1. The molecule has 6 heteroatoms. The molecule has 1 N–H and O–H groups in total. The predicted octanol–water partition coefficient (Wildman–Crippen LogP) is 3.70. The van der Waals surface area contributed by atoms with Crippen LogP contribution in [0.25, 0.3) is 0 Å². The van der Waals surface area contributed by atoms with Gasteiger partial charge in [0.1, 0.15) is 11.8 Å². The lowest BCUT2D eigenvalue weighted by Crippen LogP contribution is -2.39. The summed E-state index contributed by atoms with van der Waals surface area (Å²) < 4.78 is 6.08. The maximum atomic E-state index is 12.7. The Morgan fingerprint density at radius 3 is 2.70 bits per heavy atom. The molecule has 0 spiro atoms. The maximum absolute atomic E-state index is 12.7. The summed E-state index contributed by atoms with van der Waals surface area (Å²) >= 11 is 3.40. The minimum absolute atomic E-state index is 0.00690. The second kappa shape index (κ2) is 8.95. The van der Waals surface area contributed by atoms with Crippen molar-refractivity contribution in [2.45, 2.75) is 32.2 Å². The molecule has 2 aromatic rings. The van der Waals surface area contributed by atoms with Crippen molar-refractivity contribution in [3.63, 3.8) is 0 Å². The largest absolute Gasteiger partial charge is 0.461 e. The summed E-state index contributed by atoms with van der Waals surface area (Å²) in [5.74, 6) is -0.468. The van der Waals surface area contributed by atoms with Crippen LogP contribution in [0.4, 0.5) is 0 Å². The van der Waals surface area contributed by atoms with Crippen LogP contribution in [0.3, 0.4) is 0 Å². The molecule has 0 bridgehead atoms. The van der Waals surface area contributed by atoms with Gasteiger partial charge in [0.15, 0.2) is 5.78 Å². The average molecular weight is 429 g/mol. The number of halogens is 1. The number of ether oxygens (including phenoxy) is 1. The van der Waals surface area contributed by atoms with E-state index < -0.39 is 12.0 Å². The molecule has 140 valence electrons. The zero-order valence-corrected chi connectivity index (χ0v) is 16.7. The quantitative estimate of drug-likeness (QED) is 0.432. The summed E-state index contributed by atoms with van der Waals surface area (Å²) in [6, 6.07) is 14.8. The molecule has 1 atom stereocenters. The molecular formula is C21H21BrN2O3. The maximum Gasteiger partial charge on any atom is 0.354 e. The smallest absolute Gasteiger partial charge is 0.354 e. The molecule has 1 aliphatic rings. The number of rotatable bonds is 6. The molecule has 0 saturated carbocycles. The Bertz CT molecular complexity index is 862. The number of nitrogens with one attached hydrogen (secondary N) is 1. The fourth-order valence-electron chi connectivity index (χ4n) is 3.04. The van der Waals surface area contributed by atoms with Gasteiger partial charge < -0.3 is 4.74 Å². The molecule has 27 heavy (non-hydrogen) atoms. The first kappa shape index (κ1) is 19.3. The molecule has 0 saturated heterocycles. The molecule has 0 heterocycles. The van der Waals surface area contributed by atoms with Crippen molar-refractivity contribution in [1.82, 2.24) is 5.43 Å². The van der Waals surface area contributed by atoms with Crippen LogP contribution in [0.1, 0.15) is 34.8 Å². The number of esters is 1. The van der Waals surface area contributed by atoms with Crippen LogP contribution >= 0.6 is 15.9 Å². The minimum Gasteiger partial charge on any atom is -0.461 e. The van der Waals surface area contributed by atoms with Gasteiger partial charge in [-0.15, -0.1) is 0 Å². The lowest BCUT2D eigenvalue weighted by Gasteiger charge is -2.23. The van der Waals surface area contributed by atoms with Crippen LogP contribution in [-0.2, 0) is 22.4 Å². The van der Waals surface area contributed by atoms with Crippen LogP contribution in [0.2, 0.25) is 0 Å². The lowest BCUT2D eigenvalue weighted by atomic mass is 9.87. The van der Waals surface area contributed by atoms with Crippen molar-refractivity contribution in [1.29, 1.82) is 0 Å². The van der Waals surface area contributed by atoms with Gasteiger partial charge in [0, 0.05) is 16.5 Å². The Labute approximate surface area is 166 Å². The third-order valence-electron chi connectivity index (χ3n) is 4.45. The highest BCUT2D eigenvalue weighted by atomic mass is 79.9. The first-order valence-electron chi connectivity index (χ1n) is 8.94. The average Bonchev–Trinajstić information content (AvgIpc) is 2.68. The fraction of sp³-hybridized carbons (Fsp3) is 0.286. The molecule has 0 radical (unpaired) electrons. The van der Waals surface area contributed by atoms with E-state index in [4.69, 9.17) is 4.74 Å². The Balaban J connectivity index is 1.76. The van der Waals surface area contributed by atoms with Crippen molar-refractivity contribution in [3.8, 4) is 0 Å². The van der Waals surface area contributed by atoms with Crippen molar-refractivity contribution in [2.75, 3.05) is 6.61 Å². The molecule has 0 fully saturated rings. The van der Waals surface area contributed by atoms with E-state index in [0.717, 1.165) is 27.6 Å². The summed E-state index contributed by atoms with van der Waals surface area (Å²) in [5.41, 5.74) is 5.89. The highest BCUT2D eigenvalue weighted by Crippen LogP contribution is 2.21. The van der Waals surface area contributed by atoms with Gasteiger partial charge in [-0.1, -0.05) is 52.3 Å². The Morgan fingerprint density at radius 1 is 1.22 bits per heavy atom. The van der Waals surface area contributed by atoms with Crippen molar-refractivity contribution in [3.05, 3.63) is 69.7 Å². The second-order valence-electron chi connectivity index (χ2n) is 6.32. The van der Waals surface area contributed by atoms with E-state index in [2.05, 4.69) is 26.5 Å². The highest BCUT2D eigenvalue weighted by Gasteiger charge is 2.27. The van der Waals surface area contributed by atoms with Crippen LogP contribution < -0.4 is 5.43 Å². The van der Waals surface area contributed by atoms with E-state index >= 15 is 0 Å². The Kier molecular flexibility index (Phi) is 6.40. The van der Waals surface area contributed by atoms with E-state index in [1.165, 1.54) is 0 Å². The zero-order valence-electron chi connectivity index (χ0n) is 15.1. The number of fused-ring (bicyclic) bond motifs is 1. The van der Waals surface area contributed by atoms with Gasteiger partial charge >= 0.3 is 5.97 Å².